The van der Waals surface area contributed by atoms with Crippen LogP contribution in [0.4, 0.5) is 4.39 Å². The van der Waals surface area contributed by atoms with E-state index in [9.17, 15) is 9.50 Å². The summed E-state index contributed by atoms with van der Waals surface area (Å²) < 4.78 is 18.6. The molecular formula is C14H10FN3O2. The average Bonchev–Trinajstić information content (AvgIpc) is 2.92. The van der Waals surface area contributed by atoms with E-state index in [2.05, 4.69) is 15.1 Å². The van der Waals surface area contributed by atoms with Crippen LogP contribution >= 0.6 is 0 Å². The largest absolute Gasteiger partial charge is 0.506 e. The first-order valence-corrected chi connectivity index (χ1v) is 5.88. The van der Waals surface area contributed by atoms with E-state index in [0.717, 1.165) is 0 Å². The zero-order valence-corrected chi connectivity index (χ0v) is 10.5. The van der Waals surface area contributed by atoms with Crippen molar-refractivity contribution in [1.29, 1.82) is 0 Å². The summed E-state index contributed by atoms with van der Waals surface area (Å²) >= 11 is 0. The molecule has 3 aromatic rings. The van der Waals surface area contributed by atoms with Gasteiger partial charge in [0, 0.05) is 11.8 Å². The fraction of sp³-hybridized carbons (Fsp3) is 0.0714. The van der Waals surface area contributed by atoms with Gasteiger partial charge in [-0.05, 0) is 24.6 Å². The van der Waals surface area contributed by atoms with Gasteiger partial charge >= 0.3 is 0 Å². The lowest BCUT2D eigenvalue weighted by atomic mass is 10.1. The lowest BCUT2D eigenvalue weighted by molar-refractivity contribution is 0.431. The summed E-state index contributed by atoms with van der Waals surface area (Å²) in [6.45, 7) is 1.68. The number of rotatable bonds is 2. The van der Waals surface area contributed by atoms with Crippen molar-refractivity contribution >= 4 is 0 Å². The fourth-order valence-electron chi connectivity index (χ4n) is 1.73. The number of hydrogen-bond acceptors (Lipinski definition) is 5. The number of aromatic nitrogens is 3. The van der Waals surface area contributed by atoms with Crippen LogP contribution in [0.25, 0.3) is 22.8 Å². The Morgan fingerprint density at radius 1 is 1.15 bits per heavy atom. The summed E-state index contributed by atoms with van der Waals surface area (Å²) in [6.07, 6.45) is 2.79. The van der Waals surface area contributed by atoms with E-state index in [4.69, 9.17) is 4.52 Å². The number of pyridine rings is 1. The maximum absolute atomic E-state index is 13.5. The number of hydrogen-bond donors (Lipinski definition) is 1. The summed E-state index contributed by atoms with van der Waals surface area (Å²) in [4.78, 5) is 8.00. The molecule has 0 aliphatic rings. The van der Waals surface area contributed by atoms with E-state index in [0.29, 0.717) is 16.7 Å². The van der Waals surface area contributed by atoms with E-state index in [1.807, 2.05) is 0 Å². The molecule has 0 aliphatic heterocycles. The smallest absolute Gasteiger partial charge is 0.259 e. The molecule has 0 unspecified atom stereocenters. The van der Waals surface area contributed by atoms with Gasteiger partial charge < -0.3 is 9.63 Å². The molecule has 20 heavy (non-hydrogen) atoms. The van der Waals surface area contributed by atoms with Crippen LogP contribution in [-0.4, -0.2) is 20.2 Å². The molecule has 0 bridgehead atoms. The van der Waals surface area contributed by atoms with Gasteiger partial charge in [0.1, 0.15) is 11.6 Å². The Labute approximate surface area is 113 Å². The van der Waals surface area contributed by atoms with E-state index >= 15 is 0 Å². The minimum atomic E-state index is -0.326. The molecule has 3 rings (SSSR count). The van der Waals surface area contributed by atoms with Crippen LogP contribution in [0.15, 0.2) is 41.2 Å². The van der Waals surface area contributed by atoms with Crippen LogP contribution in [0.1, 0.15) is 5.56 Å². The van der Waals surface area contributed by atoms with Gasteiger partial charge in [-0.15, -0.1) is 0 Å². The molecule has 0 amide bonds. The van der Waals surface area contributed by atoms with Crippen molar-refractivity contribution in [2.24, 2.45) is 0 Å². The van der Waals surface area contributed by atoms with Gasteiger partial charge in [-0.1, -0.05) is 17.3 Å². The molecule has 0 atom stereocenters. The number of benzene rings is 1. The average molecular weight is 271 g/mol. The zero-order valence-electron chi connectivity index (χ0n) is 10.5. The zero-order chi connectivity index (χ0) is 14.1. The lowest BCUT2D eigenvalue weighted by Crippen LogP contribution is -1.86. The van der Waals surface area contributed by atoms with Gasteiger partial charge in [-0.2, -0.15) is 4.98 Å². The van der Waals surface area contributed by atoms with Crippen LogP contribution in [0.5, 0.6) is 5.75 Å². The van der Waals surface area contributed by atoms with E-state index < -0.39 is 0 Å². The Morgan fingerprint density at radius 2 is 2.00 bits per heavy atom. The molecule has 0 saturated carbocycles. The third-order valence-electron chi connectivity index (χ3n) is 2.83. The predicted octanol–water partition coefficient (Wildman–Crippen LogP) is 2.95. The minimum Gasteiger partial charge on any atom is -0.506 e. The van der Waals surface area contributed by atoms with Crippen molar-refractivity contribution in [3.8, 4) is 28.6 Å². The summed E-state index contributed by atoms with van der Waals surface area (Å²) in [5, 5.41) is 13.2. The highest BCUT2D eigenvalue weighted by molar-refractivity contribution is 5.60. The highest BCUT2D eigenvalue weighted by Gasteiger charge is 2.12. The monoisotopic (exact) mass is 271 g/mol. The third-order valence-corrected chi connectivity index (χ3v) is 2.83. The van der Waals surface area contributed by atoms with Crippen LogP contribution in [0, 0.1) is 12.7 Å². The molecule has 6 heteroatoms. The second-order valence-corrected chi connectivity index (χ2v) is 4.32. The minimum absolute atomic E-state index is 0.00336. The molecule has 0 aliphatic carbocycles. The summed E-state index contributed by atoms with van der Waals surface area (Å²) in [7, 11) is 0. The second-order valence-electron chi connectivity index (χ2n) is 4.32. The standard InChI is InChI=1S/C14H10FN3O2/c1-8-2-3-9(5-12(8)15)13-17-14(20-18-13)10-4-11(19)7-16-6-10/h2-7,19H,1H3. The van der Waals surface area contributed by atoms with Gasteiger partial charge in [-0.3, -0.25) is 4.98 Å². The Balaban J connectivity index is 1.99. The predicted molar refractivity (Wildman–Crippen MR) is 69.3 cm³/mol. The molecule has 0 spiro atoms. The van der Waals surface area contributed by atoms with Crippen LogP contribution < -0.4 is 0 Å². The first kappa shape index (κ1) is 12.3. The molecular weight excluding hydrogens is 261 g/mol. The molecule has 2 aromatic heterocycles. The Morgan fingerprint density at radius 3 is 2.75 bits per heavy atom. The molecule has 0 radical (unpaired) electrons. The van der Waals surface area contributed by atoms with Crippen molar-refractivity contribution in [3.63, 3.8) is 0 Å². The molecule has 1 aromatic carbocycles. The summed E-state index contributed by atoms with van der Waals surface area (Å²) in [6, 6.07) is 6.18. The van der Waals surface area contributed by atoms with Crippen molar-refractivity contribution in [3.05, 3.63) is 48.0 Å². The Hall–Kier alpha value is -2.76. The maximum atomic E-state index is 13.5. The highest BCUT2D eigenvalue weighted by Crippen LogP contribution is 2.24. The van der Waals surface area contributed by atoms with Gasteiger partial charge in [0.2, 0.25) is 5.82 Å². The van der Waals surface area contributed by atoms with E-state index in [1.54, 1.807) is 19.1 Å². The Bertz CT molecular complexity index is 771. The lowest BCUT2D eigenvalue weighted by Gasteiger charge is -1.97. The third kappa shape index (κ3) is 2.23. The van der Waals surface area contributed by atoms with E-state index in [-0.39, 0.29) is 23.3 Å². The second kappa shape index (κ2) is 4.73. The summed E-state index contributed by atoms with van der Waals surface area (Å²) in [5.74, 6) is 0.170. The Kier molecular flexibility index (Phi) is 2.90. The molecule has 2 heterocycles. The van der Waals surface area contributed by atoms with Crippen molar-refractivity contribution in [2.45, 2.75) is 6.92 Å². The normalized spacial score (nSPS) is 10.7. The number of nitrogens with zero attached hydrogens (tertiary/aromatic N) is 3. The number of aryl methyl sites for hydroxylation is 1. The van der Waals surface area contributed by atoms with Gasteiger partial charge in [0.25, 0.3) is 5.89 Å². The van der Waals surface area contributed by atoms with Crippen molar-refractivity contribution in [1.82, 2.24) is 15.1 Å². The quantitative estimate of drug-likeness (QED) is 0.775. The first-order chi connectivity index (χ1) is 9.63. The van der Waals surface area contributed by atoms with Crippen LogP contribution in [0.2, 0.25) is 0 Å². The molecule has 0 fully saturated rings. The van der Waals surface area contributed by atoms with Crippen LogP contribution in [0.3, 0.4) is 0 Å². The van der Waals surface area contributed by atoms with Gasteiger partial charge in [-0.25, -0.2) is 4.39 Å². The first-order valence-electron chi connectivity index (χ1n) is 5.88. The SMILES string of the molecule is Cc1ccc(-c2noc(-c3cncc(O)c3)n2)cc1F. The molecule has 5 nitrogen and oxygen atoms in total. The van der Waals surface area contributed by atoms with Gasteiger partial charge in [0.05, 0.1) is 11.8 Å². The van der Waals surface area contributed by atoms with Crippen molar-refractivity contribution in [2.75, 3.05) is 0 Å². The highest BCUT2D eigenvalue weighted by atomic mass is 19.1. The number of aromatic hydroxyl groups is 1. The molecule has 100 valence electrons. The van der Waals surface area contributed by atoms with E-state index in [1.165, 1.54) is 24.5 Å². The maximum Gasteiger partial charge on any atom is 0.259 e. The molecule has 1 N–H and O–H groups in total. The summed E-state index contributed by atoms with van der Waals surface area (Å²) in [5.41, 5.74) is 1.57. The topological polar surface area (TPSA) is 72.0 Å². The number of halogens is 1. The van der Waals surface area contributed by atoms with Gasteiger partial charge in [0.15, 0.2) is 0 Å². The fourth-order valence-corrected chi connectivity index (χ4v) is 1.73. The van der Waals surface area contributed by atoms with Crippen LogP contribution in [-0.2, 0) is 0 Å². The van der Waals surface area contributed by atoms with Crippen molar-refractivity contribution < 1.29 is 14.0 Å². The molecule has 0 saturated heterocycles.